The van der Waals surface area contributed by atoms with Crippen molar-refractivity contribution in [3.63, 3.8) is 0 Å². The van der Waals surface area contributed by atoms with E-state index in [1.807, 2.05) is 18.6 Å². The first-order valence-electron chi connectivity index (χ1n) is 4.39. The van der Waals surface area contributed by atoms with Crippen molar-refractivity contribution >= 4 is 16.2 Å². The minimum Gasteiger partial charge on any atom is -0.480 e. The van der Waals surface area contributed by atoms with Crippen molar-refractivity contribution in [2.75, 3.05) is 13.2 Å². The molecule has 0 spiro atoms. The molecule has 0 fully saturated rings. The largest absolute Gasteiger partial charge is 0.480 e. The van der Waals surface area contributed by atoms with Gasteiger partial charge in [-0.05, 0) is 5.92 Å². The second kappa shape index (κ2) is 6.01. The summed E-state index contributed by atoms with van der Waals surface area (Å²) in [6.07, 6.45) is 0. The van der Waals surface area contributed by atoms with Gasteiger partial charge in [0.15, 0.2) is 0 Å². The molecule has 4 N–H and O–H groups in total. The van der Waals surface area contributed by atoms with E-state index in [-0.39, 0.29) is 12.5 Å². The normalized spacial score (nSPS) is 14.1. The minimum absolute atomic E-state index is 0.110. The van der Waals surface area contributed by atoms with E-state index in [0.717, 1.165) is 0 Å². The molecule has 7 nitrogen and oxygen atoms in total. The number of carboxylic acids is 1. The van der Waals surface area contributed by atoms with Gasteiger partial charge in [0.1, 0.15) is 6.04 Å². The van der Waals surface area contributed by atoms with Crippen LogP contribution in [0.1, 0.15) is 13.8 Å². The highest BCUT2D eigenvalue weighted by atomic mass is 32.2. The van der Waals surface area contributed by atoms with Crippen LogP contribution in [-0.4, -0.2) is 43.8 Å². The summed E-state index contributed by atoms with van der Waals surface area (Å²) in [7, 11) is -3.87. The predicted molar refractivity (Wildman–Crippen MR) is 53.4 cm³/mol. The van der Waals surface area contributed by atoms with Crippen molar-refractivity contribution in [3.8, 4) is 0 Å². The summed E-state index contributed by atoms with van der Waals surface area (Å²) in [5.74, 6) is -1.31. The van der Waals surface area contributed by atoms with Gasteiger partial charge in [0.05, 0.1) is 6.61 Å². The molecule has 0 aromatic carbocycles. The first-order chi connectivity index (χ1) is 6.78. The van der Waals surface area contributed by atoms with Crippen LogP contribution in [0.5, 0.6) is 0 Å². The van der Waals surface area contributed by atoms with E-state index >= 15 is 0 Å². The monoisotopic (exact) mass is 240 g/mol. The molecule has 8 heteroatoms. The van der Waals surface area contributed by atoms with Gasteiger partial charge in [-0.15, -0.1) is 0 Å². The maximum Gasteiger partial charge on any atom is 0.324 e. The lowest BCUT2D eigenvalue weighted by molar-refractivity contribution is -0.139. The second-order valence-corrected chi connectivity index (χ2v) is 4.97. The van der Waals surface area contributed by atoms with Crippen molar-refractivity contribution in [2.24, 2.45) is 5.92 Å². The lowest BCUT2D eigenvalue weighted by Crippen LogP contribution is -2.48. The van der Waals surface area contributed by atoms with Crippen LogP contribution in [-0.2, 0) is 15.0 Å². The molecule has 1 atom stereocenters. The molecule has 0 saturated heterocycles. The number of rotatable bonds is 7. The molecular weight excluding hydrogens is 224 g/mol. The smallest absolute Gasteiger partial charge is 0.324 e. The van der Waals surface area contributed by atoms with Gasteiger partial charge in [0.2, 0.25) is 0 Å². The Morgan fingerprint density at radius 3 is 2.27 bits per heavy atom. The van der Waals surface area contributed by atoms with Crippen LogP contribution in [0.2, 0.25) is 0 Å². The summed E-state index contributed by atoms with van der Waals surface area (Å²) in [5.41, 5.74) is 0. The fourth-order valence-electron chi connectivity index (χ4n) is 0.671. The van der Waals surface area contributed by atoms with E-state index in [0.29, 0.717) is 0 Å². The van der Waals surface area contributed by atoms with Crippen LogP contribution in [0.15, 0.2) is 0 Å². The predicted octanol–water partition coefficient (Wildman–Crippen LogP) is -1.49. The van der Waals surface area contributed by atoms with Crippen LogP contribution in [0, 0.1) is 5.92 Å². The maximum atomic E-state index is 11.2. The maximum absolute atomic E-state index is 11.2. The average molecular weight is 240 g/mol. The molecule has 0 amide bonds. The number of hydrogen-bond donors (Lipinski definition) is 4. The Hall–Kier alpha value is -0.700. The molecule has 0 aliphatic rings. The van der Waals surface area contributed by atoms with Gasteiger partial charge in [-0.1, -0.05) is 13.8 Å². The number of aliphatic hydroxyl groups excluding tert-OH is 1. The zero-order valence-electron chi connectivity index (χ0n) is 8.60. The van der Waals surface area contributed by atoms with Crippen molar-refractivity contribution in [1.82, 2.24) is 9.44 Å². The number of aliphatic carboxylic acids is 1. The van der Waals surface area contributed by atoms with Gasteiger partial charge in [-0.2, -0.15) is 13.1 Å². The van der Waals surface area contributed by atoms with Crippen LogP contribution in [0.3, 0.4) is 0 Å². The van der Waals surface area contributed by atoms with Crippen LogP contribution >= 0.6 is 0 Å². The molecule has 0 unspecified atom stereocenters. The van der Waals surface area contributed by atoms with Gasteiger partial charge in [-0.3, -0.25) is 4.79 Å². The molecule has 0 bridgehead atoms. The average Bonchev–Trinajstić information content (AvgIpc) is 2.11. The van der Waals surface area contributed by atoms with E-state index in [9.17, 15) is 13.2 Å². The van der Waals surface area contributed by atoms with E-state index < -0.39 is 28.8 Å². The zero-order chi connectivity index (χ0) is 12.1. The first kappa shape index (κ1) is 14.3. The number of hydrogen-bond acceptors (Lipinski definition) is 4. The highest BCUT2D eigenvalue weighted by molar-refractivity contribution is 7.87. The third-order valence-electron chi connectivity index (χ3n) is 1.46. The standard InChI is InChI=1S/C7H16N2O5S/c1-5(2)3-8-15(13,14)9-6(4-10)7(11)12/h5-6,8-10H,3-4H2,1-2H3,(H,11,12)/t6-/m0/s1. The Kier molecular flexibility index (Phi) is 5.73. The topological polar surface area (TPSA) is 116 Å². The second-order valence-electron chi connectivity index (χ2n) is 3.44. The molecule has 0 radical (unpaired) electrons. The van der Waals surface area contributed by atoms with Crippen molar-refractivity contribution in [1.29, 1.82) is 0 Å². The van der Waals surface area contributed by atoms with Crippen LogP contribution in [0.4, 0.5) is 0 Å². The minimum atomic E-state index is -3.87. The molecule has 0 saturated carbocycles. The van der Waals surface area contributed by atoms with E-state index in [4.69, 9.17) is 10.2 Å². The van der Waals surface area contributed by atoms with Gasteiger partial charge in [0.25, 0.3) is 10.2 Å². The number of nitrogens with one attached hydrogen (secondary N) is 2. The highest BCUT2D eigenvalue weighted by Gasteiger charge is 2.22. The van der Waals surface area contributed by atoms with E-state index in [1.165, 1.54) is 0 Å². The zero-order valence-corrected chi connectivity index (χ0v) is 9.41. The molecule has 0 aliphatic heterocycles. The number of aliphatic hydroxyl groups is 1. The summed E-state index contributed by atoms with van der Waals surface area (Å²) < 4.78 is 26.4. The van der Waals surface area contributed by atoms with Gasteiger partial charge >= 0.3 is 5.97 Å². The summed E-state index contributed by atoms with van der Waals surface area (Å²) in [4.78, 5) is 10.4. The summed E-state index contributed by atoms with van der Waals surface area (Å²) >= 11 is 0. The molecular formula is C7H16N2O5S. The summed E-state index contributed by atoms with van der Waals surface area (Å²) in [5, 5.41) is 17.1. The molecule has 0 aromatic rings. The van der Waals surface area contributed by atoms with Crippen molar-refractivity contribution in [3.05, 3.63) is 0 Å². The Morgan fingerprint density at radius 2 is 1.93 bits per heavy atom. The molecule has 15 heavy (non-hydrogen) atoms. The SMILES string of the molecule is CC(C)CNS(=O)(=O)N[C@@H](CO)C(=O)O. The third-order valence-corrected chi connectivity index (χ3v) is 2.60. The fraction of sp³-hybridized carbons (Fsp3) is 0.857. The van der Waals surface area contributed by atoms with Gasteiger partial charge < -0.3 is 10.2 Å². The van der Waals surface area contributed by atoms with E-state index in [2.05, 4.69) is 4.72 Å². The molecule has 0 heterocycles. The van der Waals surface area contributed by atoms with Crippen molar-refractivity contribution < 1.29 is 23.4 Å². The number of carbonyl (C=O) groups is 1. The van der Waals surface area contributed by atoms with Crippen molar-refractivity contribution in [2.45, 2.75) is 19.9 Å². The lowest BCUT2D eigenvalue weighted by atomic mass is 10.2. The number of carboxylic acid groups (broad SMARTS) is 1. The van der Waals surface area contributed by atoms with Crippen LogP contribution in [0.25, 0.3) is 0 Å². The Bertz CT molecular complexity index is 301. The fourth-order valence-corrected chi connectivity index (χ4v) is 1.86. The molecule has 90 valence electrons. The quantitative estimate of drug-likeness (QED) is 0.433. The highest BCUT2D eigenvalue weighted by Crippen LogP contribution is 1.91. The first-order valence-corrected chi connectivity index (χ1v) is 5.87. The summed E-state index contributed by atoms with van der Waals surface area (Å²) in [6.45, 7) is 3.03. The molecule has 0 aliphatic carbocycles. The Labute approximate surface area is 88.7 Å². The van der Waals surface area contributed by atoms with Crippen LogP contribution < -0.4 is 9.44 Å². The molecule has 0 aromatic heterocycles. The van der Waals surface area contributed by atoms with E-state index in [1.54, 1.807) is 0 Å². The third kappa shape index (κ3) is 6.39. The Balaban J connectivity index is 4.30. The lowest BCUT2D eigenvalue weighted by Gasteiger charge is -2.13. The summed E-state index contributed by atoms with van der Waals surface area (Å²) in [6, 6.07) is -1.52. The van der Waals surface area contributed by atoms with Gasteiger partial charge in [-0.25, -0.2) is 4.72 Å². The van der Waals surface area contributed by atoms with Gasteiger partial charge in [0, 0.05) is 6.54 Å². The molecule has 0 rings (SSSR count). The Morgan fingerprint density at radius 1 is 1.40 bits per heavy atom.